The first-order valence-corrected chi connectivity index (χ1v) is 3.92. The minimum atomic E-state index is -0.734. The van der Waals surface area contributed by atoms with E-state index in [1.165, 1.54) is 0 Å². The van der Waals surface area contributed by atoms with E-state index in [4.69, 9.17) is 5.11 Å². The van der Waals surface area contributed by atoms with Gasteiger partial charge < -0.3 is 5.11 Å². The van der Waals surface area contributed by atoms with Crippen LogP contribution in [0.4, 0.5) is 0 Å². The van der Waals surface area contributed by atoms with Crippen molar-refractivity contribution >= 4 is 21.9 Å². The minimum Gasteiger partial charge on any atom is -0.481 e. The second kappa shape index (κ2) is 3.20. The maximum absolute atomic E-state index is 10.4. The van der Waals surface area contributed by atoms with Crippen LogP contribution in [-0.2, 0) is 4.79 Å². The lowest BCUT2D eigenvalue weighted by Crippen LogP contribution is -2.23. The fourth-order valence-corrected chi connectivity index (χ4v) is 1.33. The molecule has 0 bridgehead atoms. The van der Waals surface area contributed by atoms with Crippen LogP contribution in [0.15, 0.2) is 0 Å². The molecule has 0 rings (SSSR count). The van der Waals surface area contributed by atoms with Gasteiger partial charge in [-0.15, -0.1) is 0 Å². The number of hydrogen-bond donors (Lipinski definition) is 1. The Morgan fingerprint density at radius 1 is 1.67 bits per heavy atom. The summed E-state index contributed by atoms with van der Waals surface area (Å²) in [7, 11) is 0. The maximum Gasteiger partial charge on any atom is 0.309 e. The molecule has 0 aliphatic carbocycles. The Balaban J connectivity index is 3.85. The lowest BCUT2D eigenvalue weighted by atomic mass is 9.91. The first-order chi connectivity index (χ1) is 4.00. The van der Waals surface area contributed by atoms with Gasteiger partial charge in [0, 0.05) is 5.33 Å². The van der Waals surface area contributed by atoms with E-state index in [1.807, 2.05) is 0 Å². The molecule has 0 saturated carbocycles. The van der Waals surface area contributed by atoms with Crippen LogP contribution in [0.3, 0.4) is 0 Å². The molecule has 0 spiro atoms. The second-order valence-electron chi connectivity index (χ2n) is 2.63. The third-order valence-corrected chi connectivity index (χ3v) is 1.69. The zero-order valence-electron chi connectivity index (χ0n) is 5.65. The molecule has 0 aromatic rings. The van der Waals surface area contributed by atoms with Gasteiger partial charge >= 0.3 is 5.97 Å². The molecule has 0 amide bonds. The van der Waals surface area contributed by atoms with Gasteiger partial charge in [0.05, 0.1) is 5.41 Å². The zero-order chi connectivity index (χ0) is 7.49. The van der Waals surface area contributed by atoms with Gasteiger partial charge in [0.1, 0.15) is 0 Å². The molecule has 0 atom stereocenters. The van der Waals surface area contributed by atoms with Crippen LogP contribution in [0.25, 0.3) is 0 Å². The molecule has 0 radical (unpaired) electrons. The Morgan fingerprint density at radius 3 is 2.22 bits per heavy atom. The number of rotatable bonds is 3. The predicted octanol–water partition coefficient (Wildman–Crippen LogP) is 1.88. The van der Waals surface area contributed by atoms with Gasteiger partial charge in [0.15, 0.2) is 0 Å². The van der Waals surface area contributed by atoms with Crippen LogP contribution in [0.5, 0.6) is 0 Å². The summed E-state index contributed by atoms with van der Waals surface area (Å²) in [5.41, 5.74) is -0.580. The first kappa shape index (κ1) is 8.95. The number of carbonyl (C=O) groups is 1. The van der Waals surface area contributed by atoms with Crippen LogP contribution in [0.2, 0.25) is 0 Å². The van der Waals surface area contributed by atoms with Gasteiger partial charge in [-0.2, -0.15) is 0 Å². The molecule has 54 valence electrons. The summed E-state index contributed by atoms with van der Waals surface area (Å²) < 4.78 is 0. The fourth-order valence-electron chi connectivity index (χ4n) is 0.343. The monoisotopic (exact) mass is 194 g/mol. The Kier molecular flexibility index (Phi) is 3.18. The molecule has 1 N–H and O–H groups in total. The molecule has 2 nitrogen and oxygen atoms in total. The molecule has 9 heavy (non-hydrogen) atoms. The molecular formula is C6H11BrO2. The normalized spacial score (nSPS) is 11.4. The van der Waals surface area contributed by atoms with Crippen molar-refractivity contribution in [3.05, 3.63) is 0 Å². The number of carboxylic acid groups (broad SMARTS) is 1. The zero-order valence-corrected chi connectivity index (χ0v) is 7.23. The number of alkyl halides is 1. The topological polar surface area (TPSA) is 37.3 Å². The third kappa shape index (κ3) is 2.84. The minimum absolute atomic E-state index is 0.580. The SMILES string of the molecule is CC(C)(CCBr)C(=O)O. The van der Waals surface area contributed by atoms with Crippen LogP contribution in [-0.4, -0.2) is 16.4 Å². The Hall–Kier alpha value is -0.0500. The van der Waals surface area contributed by atoms with E-state index in [0.29, 0.717) is 6.42 Å². The highest BCUT2D eigenvalue weighted by molar-refractivity contribution is 9.09. The average molecular weight is 195 g/mol. The van der Waals surface area contributed by atoms with Crippen LogP contribution in [0.1, 0.15) is 20.3 Å². The summed E-state index contributed by atoms with van der Waals surface area (Å²) in [5.74, 6) is -0.734. The Bertz CT molecular complexity index is 110. The fraction of sp³-hybridized carbons (Fsp3) is 0.833. The van der Waals surface area contributed by atoms with Crippen molar-refractivity contribution in [1.82, 2.24) is 0 Å². The molecule has 0 unspecified atom stereocenters. The van der Waals surface area contributed by atoms with Crippen molar-refractivity contribution in [2.24, 2.45) is 5.41 Å². The highest BCUT2D eigenvalue weighted by atomic mass is 79.9. The van der Waals surface area contributed by atoms with Crippen molar-refractivity contribution in [2.75, 3.05) is 5.33 Å². The average Bonchev–Trinajstić information content (AvgIpc) is 1.65. The smallest absolute Gasteiger partial charge is 0.309 e. The van der Waals surface area contributed by atoms with E-state index in [0.717, 1.165) is 5.33 Å². The number of hydrogen-bond acceptors (Lipinski definition) is 1. The van der Waals surface area contributed by atoms with E-state index >= 15 is 0 Å². The lowest BCUT2D eigenvalue weighted by Gasteiger charge is -2.16. The molecule has 0 heterocycles. The highest BCUT2D eigenvalue weighted by Gasteiger charge is 2.25. The largest absolute Gasteiger partial charge is 0.481 e. The molecule has 0 fully saturated rings. The van der Waals surface area contributed by atoms with Crippen LogP contribution >= 0.6 is 15.9 Å². The highest BCUT2D eigenvalue weighted by Crippen LogP contribution is 2.20. The van der Waals surface area contributed by atoms with Gasteiger partial charge in [-0.25, -0.2) is 0 Å². The Morgan fingerprint density at radius 2 is 2.11 bits per heavy atom. The van der Waals surface area contributed by atoms with E-state index in [2.05, 4.69) is 15.9 Å². The van der Waals surface area contributed by atoms with E-state index in [9.17, 15) is 4.79 Å². The van der Waals surface area contributed by atoms with Gasteiger partial charge in [-0.1, -0.05) is 15.9 Å². The van der Waals surface area contributed by atoms with Crippen molar-refractivity contribution in [3.8, 4) is 0 Å². The summed E-state index contributed by atoms with van der Waals surface area (Å²) in [5, 5.41) is 9.29. The van der Waals surface area contributed by atoms with Gasteiger partial charge in [0.2, 0.25) is 0 Å². The molecule has 3 heteroatoms. The summed E-state index contributed by atoms with van der Waals surface area (Å²) >= 11 is 3.19. The van der Waals surface area contributed by atoms with Crippen molar-refractivity contribution in [1.29, 1.82) is 0 Å². The quantitative estimate of drug-likeness (QED) is 0.698. The predicted molar refractivity (Wildman–Crippen MR) is 39.8 cm³/mol. The molecule has 0 aliphatic rings. The number of aliphatic carboxylic acids is 1. The molecule has 0 aliphatic heterocycles. The van der Waals surface area contributed by atoms with Crippen LogP contribution < -0.4 is 0 Å². The van der Waals surface area contributed by atoms with Gasteiger partial charge in [-0.3, -0.25) is 4.79 Å². The lowest BCUT2D eigenvalue weighted by molar-refractivity contribution is -0.146. The van der Waals surface area contributed by atoms with Gasteiger partial charge in [-0.05, 0) is 20.3 Å². The summed E-state index contributed by atoms with van der Waals surface area (Å²) in [6.07, 6.45) is 0.669. The standard InChI is InChI=1S/C6H11BrO2/c1-6(2,3-4-7)5(8)9/h3-4H2,1-2H3,(H,8,9). The van der Waals surface area contributed by atoms with Crippen molar-refractivity contribution < 1.29 is 9.90 Å². The Labute approximate surface area is 63.4 Å². The van der Waals surface area contributed by atoms with E-state index in [-0.39, 0.29) is 0 Å². The molecule has 0 aromatic heterocycles. The maximum atomic E-state index is 10.4. The molecule has 0 saturated heterocycles. The molecular weight excluding hydrogens is 184 g/mol. The summed E-state index contributed by atoms with van der Waals surface area (Å²) in [6, 6.07) is 0. The molecule has 0 aromatic carbocycles. The van der Waals surface area contributed by atoms with E-state index in [1.54, 1.807) is 13.8 Å². The van der Waals surface area contributed by atoms with Crippen molar-refractivity contribution in [2.45, 2.75) is 20.3 Å². The summed E-state index contributed by atoms with van der Waals surface area (Å²) in [4.78, 5) is 10.4. The summed E-state index contributed by atoms with van der Waals surface area (Å²) in [6.45, 7) is 3.44. The van der Waals surface area contributed by atoms with E-state index < -0.39 is 11.4 Å². The van der Waals surface area contributed by atoms with Crippen molar-refractivity contribution in [3.63, 3.8) is 0 Å². The first-order valence-electron chi connectivity index (χ1n) is 2.80. The van der Waals surface area contributed by atoms with Gasteiger partial charge in [0.25, 0.3) is 0 Å². The van der Waals surface area contributed by atoms with Crippen LogP contribution in [0, 0.1) is 5.41 Å². The number of halogens is 1. The second-order valence-corrected chi connectivity index (χ2v) is 3.42. The number of carboxylic acids is 1. The third-order valence-electron chi connectivity index (χ3n) is 1.30.